The Hall–Kier alpha value is -2.47. The second-order valence-electron chi connectivity index (χ2n) is 6.86. The highest BCUT2D eigenvalue weighted by Crippen LogP contribution is 2.25. The predicted molar refractivity (Wildman–Crippen MR) is 103 cm³/mol. The molecule has 0 bridgehead atoms. The van der Waals surface area contributed by atoms with Crippen LogP contribution in [-0.2, 0) is 22.6 Å². The fourth-order valence-electron chi connectivity index (χ4n) is 3.40. The Balaban J connectivity index is 1.54. The Morgan fingerprint density at radius 1 is 1.21 bits per heavy atom. The number of nitrogens with zero attached hydrogens (tertiary/aromatic N) is 1. The molecule has 148 valence electrons. The largest absolute Gasteiger partial charge is 0.356 e. The van der Waals surface area contributed by atoms with Gasteiger partial charge in [0.15, 0.2) is 11.6 Å². The lowest BCUT2D eigenvalue weighted by atomic mass is 10.1. The van der Waals surface area contributed by atoms with Crippen molar-refractivity contribution >= 4 is 23.4 Å². The standard InChI is InChI=1S/C21H21ClF2N2O2/c22-16-5-1-3-14(11-16)9-10-25-19(27)12-17-7-8-20(28)26(17)13-15-4-2-6-18(23)21(15)24/h1-6,11,17H,7-10,12-13H2,(H,25,27). The van der Waals surface area contributed by atoms with E-state index in [0.717, 1.165) is 11.6 Å². The monoisotopic (exact) mass is 406 g/mol. The quantitative estimate of drug-likeness (QED) is 0.759. The molecule has 28 heavy (non-hydrogen) atoms. The molecule has 0 aromatic heterocycles. The summed E-state index contributed by atoms with van der Waals surface area (Å²) in [5, 5.41) is 3.49. The van der Waals surface area contributed by atoms with Gasteiger partial charge < -0.3 is 10.2 Å². The number of rotatable bonds is 7. The van der Waals surface area contributed by atoms with Crippen molar-refractivity contribution < 1.29 is 18.4 Å². The van der Waals surface area contributed by atoms with Gasteiger partial charge in [-0.05, 0) is 36.6 Å². The summed E-state index contributed by atoms with van der Waals surface area (Å²) in [6.45, 7) is 0.418. The Kier molecular flexibility index (Phi) is 6.62. The van der Waals surface area contributed by atoms with Crippen molar-refractivity contribution in [2.75, 3.05) is 6.54 Å². The molecule has 0 saturated carbocycles. The Morgan fingerprint density at radius 3 is 2.79 bits per heavy atom. The summed E-state index contributed by atoms with van der Waals surface area (Å²) < 4.78 is 27.3. The number of amides is 2. The third kappa shape index (κ3) is 5.07. The van der Waals surface area contributed by atoms with Crippen LogP contribution in [0.4, 0.5) is 8.78 Å². The van der Waals surface area contributed by atoms with Gasteiger partial charge >= 0.3 is 0 Å². The van der Waals surface area contributed by atoms with Crippen molar-refractivity contribution in [2.24, 2.45) is 0 Å². The van der Waals surface area contributed by atoms with Crippen LogP contribution in [0, 0.1) is 11.6 Å². The predicted octanol–water partition coefficient (Wildman–Crippen LogP) is 3.86. The minimum absolute atomic E-state index is 0.0388. The molecule has 3 rings (SSSR count). The summed E-state index contributed by atoms with van der Waals surface area (Å²) in [7, 11) is 0. The number of benzene rings is 2. The van der Waals surface area contributed by atoms with Gasteiger partial charge in [-0.15, -0.1) is 0 Å². The molecular formula is C21H21ClF2N2O2. The molecule has 1 aliphatic rings. The van der Waals surface area contributed by atoms with Crippen LogP contribution >= 0.6 is 11.6 Å². The molecule has 1 atom stereocenters. The van der Waals surface area contributed by atoms with E-state index < -0.39 is 11.6 Å². The van der Waals surface area contributed by atoms with Gasteiger partial charge in [-0.3, -0.25) is 9.59 Å². The van der Waals surface area contributed by atoms with Gasteiger partial charge in [-0.25, -0.2) is 8.78 Å². The minimum atomic E-state index is -0.952. The van der Waals surface area contributed by atoms with E-state index in [2.05, 4.69) is 5.32 Å². The van der Waals surface area contributed by atoms with Crippen molar-refractivity contribution in [3.63, 3.8) is 0 Å². The minimum Gasteiger partial charge on any atom is -0.356 e. The van der Waals surface area contributed by atoms with Gasteiger partial charge in [-0.2, -0.15) is 0 Å². The molecule has 7 heteroatoms. The number of nitrogens with one attached hydrogen (secondary N) is 1. The van der Waals surface area contributed by atoms with E-state index in [4.69, 9.17) is 11.6 Å². The van der Waals surface area contributed by atoms with Gasteiger partial charge in [0.1, 0.15) is 0 Å². The zero-order valence-corrected chi connectivity index (χ0v) is 16.0. The number of likely N-dealkylation sites (tertiary alicyclic amines) is 1. The number of hydrogen-bond acceptors (Lipinski definition) is 2. The topological polar surface area (TPSA) is 49.4 Å². The van der Waals surface area contributed by atoms with Crippen LogP contribution in [0.2, 0.25) is 5.02 Å². The zero-order chi connectivity index (χ0) is 20.1. The summed E-state index contributed by atoms with van der Waals surface area (Å²) in [6, 6.07) is 11.0. The number of hydrogen-bond donors (Lipinski definition) is 1. The van der Waals surface area contributed by atoms with Crippen LogP contribution in [0.15, 0.2) is 42.5 Å². The third-order valence-electron chi connectivity index (χ3n) is 4.87. The molecule has 0 radical (unpaired) electrons. The number of halogens is 3. The van der Waals surface area contributed by atoms with E-state index >= 15 is 0 Å². The maximum atomic E-state index is 13.9. The first kappa shape index (κ1) is 20.3. The first-order chi connectivity index (χ1) is 13.4. The molecule has 1 heterocycles. The third-order valence-corrected chi connectivity index (χ3v) is 5.11. The van der Waals surface area contributed by atoms with Crippen LogP contribution in [0.1, 0.15) is 30.4 Å². The van der Waals surface area contributed by atoms with Gasteiger partial charge in [-0.1, -0.05) is 35.9 Å². The van der Waals surface area contributed by atoms with Crippen molar-refractivity contribution in [2.45, 2.75) is 38.3 Å². The highest BCUT2D eigenvalue weighted by Gasteiger charge is 2.33. The van der Waals surface area contributed by atoms with Crippen molar-refractivity contribution in [1.82, 2.24) is 10.2 Å². The molecule has 1 fully saturated rings. The summed E-state index contributed by atoms with van der Waals surface area (Å²) in [5.41, 5.74) is 1.13. The molecule has 2 aromatic carbocycles. The van der Waals surface area contributed by atoms with Gasteiger partial charge in [0.05, 0.1) is 0 Å². The van der Waals surface area contributed by atoms with Crippen molar-refractivity contribution in [3.8, 4) is 0 Å². The normalized spacial score (nSPS) is 16.5. The average Bonchev–Trinajstić information content (AvgIpc) is 2.99. The molecule has 1 aliphatic heterocycles. The first-order valence-corrected chi connectivity index (χ1v) is 9.55. The first-order valence-electron chi connectivity index (χ1n) is 9.17. The van der Waals surface area contributed by atoms with E-state index in [0.29, 0.717) is 30.8 Å². The second kappa shape index (κ2) is 9.15. The highest BCUT2D eigenvalue weighted by molar-refractivity contribution is 6.30. The zero-order valence-electron chi connectivity index (χ0n) is 15.3. The molecule has 0 aliphatic carbocycles. The molecule has 2 amide bonds. The number of carbonyl (C=O) groups excluding carboxylic acids is 2. The summed E-state index contributed by atoms with van der Waals surface area (Å²) in [4.78, 5) is 25.9. The van der Waals surface area contributed by atoms with Crippen molar-refractivity contribution in [1.29, 1.82) is 0 Å². The van der Waals surface area contributed by atoms with Crippen LogP contribution in [0.25, 0.3) is 0 Å². The molecule has 1 saturated heterocycles. The van der Waals surface area contributed by atoms with E-state index in [1.165, 1.54) is 17.0 Å². The van der Waals surface area contributed by atoms with E-state index in [-0.39, 0.29) is 36.4 Å². The van der Waals surface area contributed by atoms with Crippen molar-refractivity contribution in [3.05, 3.63) is 70.2 Å². The van der Waals surface area contributed by atoms with Gasteiger partial charge in [0.25, 0.3) is 0 Å². The van der Waals surface area contributed by atoms with Crippen LogP contribution < -0.4 is 5.32 Å². The molecule has 1 N–H and O–H groups in total. The highest BCUT2D eigenvalue weighted by atomic mass is 35.5. The molecule has 2 aromatic rings. The summed E-state index contributed by atoms with van der Waals surface area (Å²) >= 11 is 5.94. The van der Waals surface area contributed by atoms with E-state index in [1.807, 2.05) is 18.2 Å². The van der Waals surface area contributed by atoms with Gasteiger partial charge in [0, 0.05) is 42.6 Å². The Bertz CT molecular complexity index is 875. The summed E-state index contributed by atoms with van der Waals surface area (Å²) in [6.07, 6.45) is 1.61. The number of carbonyl (C=O) groups is 2. The Morgan fingerprint density at radius 2 is 2.00 bits per heavy atom. The smallest absolute Gasteiger partial charge is 0.223 e. The maximum absolute atomic E-state index is 13.9. The second-order valence-corrected chi connectivity index (χ2v) is 7.30. The van der Waals surface area contributed by atoms with E-state index in [1.54, 1.807) is 6.07 Å². The van der Waals surface area contributed by atoms with Crippen LogP contribution in [-0.4, -0.2) is 29.3 Å². The van der Waals surface area contributed by atoms with Crippen LogP contribution in [0.3, 0.4) is 0 Å². The average molecular weight is 407 g/mol. The lowest BCUT2D eigenvalue weighted by molar-refractivity contribution is -0.130. The molecular weight excluding hydrogens is 386 g/mol. The fourth-order valence-corrected chi connectivity index (χ4v) is 3.61. The molecule has 4 nitrogen and oxygen atoms in total. The van der Waals surface area contributed by atoms with Gasteiger partial charge in [0.2, 0.25) is 11.8 Å². The van der Waals surface area contributed by atoms with E-state index in [9.17, 15) is 18.4 Å². The fraction of sp³-hybridized carbons (Fsp3) is 0.333. The lowest BCUT2D eigenvalue weighted by Crippen LogP contribution is -2.37. The molecule has 0 spiro atoms. The Labute approximate surface area is 167 Å². The summed E-state index contributed by atoms with van der Waals surface area (Å²) in [5.74, 6) is -2.22. The lowest BCUT2D eigenvalue weighted by Gasteiger charge is -2.25. The van der Waals surface area contributed by atoms with Crippen LogP contribution in [0.5, 0.6) is 0 Å². The molecule has 1 unspecified atom stereocenters. The maximum Gasteiger partial charge on any atom is 0.223 e. The SMILES string of the molecule is O=C(CC1CCC(=O)N1Cc1cccc(F)c1F)NCCc1cccc(Cl)c1.